The van der Waals surface area contributed by atoms with E-state index in [1.165, 1.54) is 20.0 Å². The average Bonchev–Trinajstić information content (AvgIpc) is 2.99. The van der Waals surface area contributed by atoms with Crippen molar-refractivity contribution in [2.24, 2.45) is 0 Å². The number of carbonyl (C=O) groups excluding carboxylic acids is 1. The standard InChI is InChI=1S/C20H28N2O4.ClH/c1-25-18-10-14(2-6-17(18)23)3-7-19(24)22-8-9-26-20(13-22)11-15-4-5-16(12-20)21-15;/h2,6,10,15-16,21,23H,3-5,7-9,11-13H2,1H3;1H/t15-,16+,20?;. The first-order chi connectivity index (χ1) is 12.6. The number of fused-ring (bicyclic) bond motifs is 2. The number of hydrogen-bond donors (Lipinski definition) is 2. The molecule has 3 aliphatic rings. The fourth-order valence-electron chi connectivity index (χ4n) is 4.80. The summed E-state index contributed by atoms with van der Waals surface area (Å²) in [6.07, 6.45) is 5.60. The van der Waals surface area contributed by atoms with Crippen LogP contribution in [-0.2, 0) is 16.0 Å². The van der Waals surface area contributed by atoms with Gasteiger partial charge >= 0.3 is 0 Å². The molecular formula is C20H29ClN2O4. The van der Waals surface area contributed by atoms with Crippen LogP contribution in [0.1, 0.15) is 37.7 Å². The van der Waals surface area contributed by atoms with Gasteiger partial charge < -0.3 is 24.8 Å². The number of nitrogens with one attached hydrogen (secondary N) is 1. The molecule has 3 fully saturated rings. The predicted octanol–water partition coefficient (Wildman–Crippen LogP) is 2.27. The third kappa shape index (κ3) is 4.33. The van der Waals surface area contributed by atoms with E-state index >= 15 is 0 Å². The number of aryl methyl sites for hydroxylation is 1. The number of carbonyl (C=O) groups is 1. The van der Waals surface area contributed by atoms with Gasteiger partial charge in [0.05, 0.1) is 19.3 Å². The van der Waals surface area contributed by atoms with Crippen LogP contribution < -0.4 is 10.1 Å². The molecule has 2 bridgehead atoms. The number of rotatable bonds is 4. The minimum absolute atomic E-state index is 0. The summed E-state index contributed by atoms with van der Waals surface area (Å²) < 4.78 is 11.3. The van der Waals surface area contributed by atoms with Gasteiger partial charge in [-0.05, 0) is 49.8 Å². The van der Waals surface area contributed by atoms with Crippen molar-refractivity contribution in [1.82, 2.24) is 10.2 Å². The SMILES string of the molecule is COc1cc(CCC(=O)N2CCOC3(C[C@H]4CC[C@@H](C3)N4)C2)ccc1O.Cl. The number of benzene rings is 1. The molecule has 1 aromatic rings. The molecule has 3 saturated heterocycles. The van der Waals surface area contributed by atoms with Gasteiger partial charge in [0.25, 0.3) is 0 Å². The summed E-state index contributed by atoms with van der Waals surface area (Å²) >= 11 is 0. The highest BCUT2D eigenvalue weighted by atomic mass is 35.5. The van der Waals surface area contributed by atoms with Crippen LogP contribution in [0.3, 0.4) is 0 Å². The van der Waals surface area contributed by atoms with Gasteiger partial charge in [-0.3, -0.25) is 4.79 Å². The van der Waals surface area contributed by atoms with E-state index in [4.69, 9.17) is 9.47 Å². The molecule has 7 heteroatoms. The second-order valence-corrected chi connectivity index (χ2v) is 7.90. The number of aromatic hydroxyl groups is 1. The van der Waals surface area contributed by atoms with Crippen LogP contribution in [0.5, 0.6) is 11.5 Å². The summed E-state index contributed by atoms with van der Waals surface area (Å²) in [4.78, 5) is 14.8. The molecule has 3 heterocycles. The van der Waals surface area contributed by atoms with Crippen LogP contribution in [0.25, 0.3) is 0 Å². The number of halogens is 1. The molecule has 4 rings (SSSR count). The van der Waals surface area contributed by atoms with Gasteiger partial charge in [-0.2, -0.15) is 0 Å². The normalized spacial score (nSPS) is 29.4. The number of amides is 1. The van der Waals surface area contributed by atoms with Crippen molar-refractivity contribution >= 4 is 18.3 Å². The van der Waals surface area contributed by atoms with E-state index in [1.807, 2.05) is 11.0 Å². The first kappa shape index (κ1) is 20.2. The molecule has 0 aliphatic carbocycles. The molecule has 27 heavy (non-hydrogen) atoms. The van der Waals surface area contributed by atoms with Gasteiger partial charge in [-0.25, -0.2) is 0 Å². The Bertz CT molecular complexity index is 672. The van der Waals surface area contributed by atoms with Gasteiger partial charge in [0, 0.05) is 31.6 Å². The predicted molar refractivity (Wildman–Crippen MR) is 105 cm³/mol. The van der Waals surface area contributed by atoms with Gasteiger partial charge in [0.1, 0.15) is 0 Å². The van der Waals surface area contributed by atoms with E-state index in [2.05, 4.69) is 5.32 Å². The Kier molecular flexibility index (Phi) is 6.18. The second kappa shape index (κ2) is 8.25. The molecule has 3 aliphatic heterocycles. The first-order valence-electron chi connectivity index (χ1n) is 9.61. The number of hydrogen-bond acceptors (Lipinski definition) is 5. The molecule has 3 atom stereocenters. The lowest BCUT2D eigenvalue weighted by Crippen LogP contribution is -2.60. The van der Waals surface area contributed by atoms with E-state index in [1.54, 1.807) is 12.1 Å². The van der Waals surface area contributed by atoms with Crippen LogP contribution in [0.4, 0.5) is 0 Å². The zero-order chi connectivity index (χ0) is 18.1. The molecule has 1 aromatic carbocycles. The summed E-state index contributed by atoms with van der Waals surface area (Å²) in [7, 11) is 1.53. The molecular weight excluding hydrogens is 368 g/mol. The average molecular weight is 397 g/mol. The zero-order valence-corrected chi connectivity index (χ0v) is 16.6. The first-order valence-corrected chi connectivity index (χ1v) is 9.61. The minimum atomic E-state index is -0.146. The third-order valence-corrected chi connectivity index (χ3v) is 6.04. The number of morpholine rings is 1. The Morgan fingerprint density at radius 2 is 2.11 bits per heavy atom. The van der Waals surface area contributed by atoms with E-state index < -0.39 is 0 Å². The van der Waals surface area contributed by atoms with Crippen molar-refractivity contribution in [3.05, 3.63) is 23.8 Å². The Morgan fingerprint density at radius 1 is 1.37 bits per heavy atom. The van der Waals surface area contributed by atoms with Crippen LogP contribution in [0.2, 0.25) is 0 Å². The van der Waals surface area contributed by atoms with Crippen molar-refractivity contribution in [2.45, 2.75) is 56.2 Å². The zero-order valence-electron chi connectivity index (χ0n) is 15.8. The topological polar surface area (TPSA) is 71.0 Å². The largest absolute Gasteiger partial charge is 0.504 e. The Balaban J connectivity index is 0.00000210. The summed E-state index contributed by atoms with van der Waals surface area (Å²) in [5.41, 5.74) is 0.850. The molecule has 1 spiro atoms. The van der Waals surface area contributed by atoms with Gasteiger partial charge in [0.15, 0.2) is 11.5 Å². The van der Waals surface area contributed by atoms with Crippen LogP contribution in [0, 0.1) is 0 Å². The number of phenols is 1. The highest BCUT2D eigenvalue weighted by Crippen LogP contribution is 2.38. The second-order valence-electron chi connectivity index (χ2n) is 7.90. The Labute approximate surface area is 166 Å². The number of piperidine rings is 1. The molecule has 0 saturated carbocycles. The number of nitrogens with zero attached hydrogens (tertiary/aromatic N) is 1. The van der Waals surface area contributed by atoms with E-state index in [-0.39, 0.29) is 29.7 Å². The maximum absolute atomic E-state index is 12.8. The molecule has 1 unspecified atom stereocenters. The summed E-state index contributed by atoms with van der Waals surface area (Å²) in [6.45, 7) is 2.04. The molecule has 6 nitrogen and oxygen atoms in total. The molecule has 0 aromatic heterocycles. The molecule has 1 amide bonds. The highest BCUT2D eigenvalue weighted by molar-refractivity contribution is 5.85. The minimum Gasteiger partial charge on any atom is -0.504 e. The number of phenolic OH excluding ortho intramolecular Hbond substituents is 1. The van der Waals surface area contributed by atoms with Crippen molar-refractivity contribution in [3.8, 4) is 11.5 Å². The number of ether oxygens (including phenoxy) is 2. The van der Waals surface area contributed by atoms with Gasteiger partial charge in [-0.1, -0.05) is 6.07 Å². The third-order valence-electron chi connectivity index (χ3n) is 6.04. The Hall–Kier alpha value is -1.50. The van der Waals surface area contributed by atoms with Crippen LogP contribution in [-0.4, -0.2) is 60.4 Å². The molecule has 150 valence electrons. The van der Waals surface area contributed by atoms with Crippen molar-refractivity contribution in [1.29, 1.82) is 0 Å². The maximum atomic E-state index is 12.8. The monoisotopic (exact) mass is 396 g/mol. The van der Waals surface area contributed by atoms with Crippen LogP contribution in [0.15, 0.2) is 18.2 Å². The number of methoxy groups -OCH3 is 1. The Morgan fingerprint density at radius 3 is 2.81 bits per heavy atom. The van der Waals surface area contributed by atoms with Crippen molar-refractivity contribution < 1.29 is 19.4 Å². The maximum Gasteiger partial charge on any atom is 0.223 e. The lowest BCUT2D eigenvalue weighted by atomic mass is 9.85. The van der Waals surface area contributed by atoms with E-state index in [0.717, 1.165) is 24.9 Å². The lowest BCUT2D eigenvalue weighted by Gasteiger charge is -2.47. The summed E-state index contributed by atoms with van der Waals surface area (Å²) in [5, 5.41) is 13.3. The lowest BCUT2D eigenvalue weighted by molar-refractivity contribution is -0.158. The highest BCUT2D eigenvalue weighted by Gasteiger charge is 2.47. The smallest absolute Gasteiger partial charge is 0.223 e. The quantitative estimate of drug-likeness (QED) is 0.816. The van der Waals surface area contributed by atoms with Crippen LogP contribution >= 0.6 is 12.4 Å². The van der Waals surface area contributed by atoms with Crippen molar-refractivity contribution in [2.75, 3.05) is 26.8 Å². The van der Waals surface area contributed by atoms with E-state index in [0.29, 0.717) is 43.8 Å². The van der Waals surface area contributed by atoms with Crippen molar-refractivity contribution in [3.63, 3.8) is 0 Å². The van der Waals surface area contributed by atoms with E-state index in [9.17, 15) is 9.90 Å². The summed E-state index contributed by atoms with van der Waals surface area (Å²) in [5.74, 6) is 0.759. The fourth-order valence-corrected chi connectivity index (χ4v) is 4.80. The van der Waals surface area contributed by atoms with Gasteiger partial charge in [-0.15, -0.1) is 12.4 Å². The molecule has 0 radical (unpaired) electrons. The summed E-state index contributed by atoms with van der Waals surface area (Å²) in [6, 6.07) is 6.36. The fraction of sp³-hybridized carbons (Fsp3) is 0.650. The molecule has 2 N–H and O–H groups in total. The van der Waals surface area contributed by atoms with Gasteiger partial charge in [0.2, 0.25) is 5.91 Å².